The average molecular weight is 440 g/mol. The highest BCUT2D eigenvalue weighted by Gasteiger charge is 2.33. The fraction of sp³-hybridized carbons (Fsp3) is 0.438. The fourth-order valence-electron chi connectivity index (χ4n) is 2.51. The molecule has 1 atom stereocenters. The Morgan fingerprint density at radius 1 is 1.30 bits per heavy atom. The van der Waals surface area contributed by atoms with Crippen LogP contribution in [0.1, 0.15) is 0 Å². The van der Waals surface area contributed by atoms with Gasteiger partial charge in [-0.25, -0.2) is 0 Å². The molecule has 4 N–H and O–H groups in total. The molecule has 0 saturated carbocycles. The Morgan fingerprint density at radius 2 is 2.00 bits per heavy atom. The van der Waals surface area contributed by atoms with Crippen LogP contribution in [-0.2, 0) is 19.1 Å². The number of amides is 3. The van der Waals surface area contributed by atoms with Crippen LogP contribution in [0.5, 0.6) is 5.75 Å². The van der Waals surface area contributed by atoms with Crippen molar-refractivity contribution in [2.45, 2.75) is 18.8 Å². The van der Waals surface area contributed by atoms with E-state index < -0.39 is 48.8 Å². The van der Waals surface area contributed by atoms with Crippen LogP contribution in [0.2, 0.25) is 0 Å². The van der Waals surface area contributed by atoms with Gasteiger partial charge in [-0.15, -0.1) is 0 Å². The van der Waals surface area contributed by atoms with Gasteiger partial charge in [-0.05, 0) is 12.1 Å². The zero-order chi connectivity index (χ0) is 22.5. The van der Waals surface area contributed by atoms with E-state index in [0.29, 0.717) is 0 Å². The molecule has 30 heavy (non-hydrogen) atoms. The summed E-state index contributed by atoms with van der Waals surface area (Å²) in [5, 5.41) is 3.66. The van der Waals surface area contributed by atoms with Crippen molar-refractivity contribution in [1.82, 2.24) is 5.32 Å². The van der Waals surface area contributed by atoms with Crippen LogP contribution in [0.3, 0.4) is 0 Å². The number of alkyl halides is 5. The third-order valence-corrected chi connectivity index (χ3v) is 3.79. The first-order valence-electron chi connectivity index (χ1n) is 8.35. The third-order valence-electron chi connectivity index (χ3n) is 3.79. The van der Waals surface area contributed by atoms with Gasteiger partial charge in [-0.1, -0.05) is 0 Å². The monoisotopic (exact) mass is 440 g/mol. The first-order valence-corrected chi connectivity index (χ1v) is 8.35. The summed E-state index contributed by atoms with van der Waals surface area (Å²) < 4.78 is 71.9. The van der Waals surface area contributed by atoms with E-state index in [2.05, 4.69) is 4.74 Å². The number of primary amides is 1. The lowest BCUT2D eigenvalue weighted by atomic mass is 10.2. The number of benzene rings is 1. The normalized spacial score (nSPS) is 15.8. The summed E-state index contributed by atoms with van der Waals surface area (Å²) in [5.41, 5.74) is 4.73. The minimum absolute atomic E-state index is 0.143. The maximum atomic E-state index is 12.8. The molecular formula is C16H17F5N4O5. The van der Waals surface area contributed by atoms with Gasteiger partial charge in [0.05, 0.1) is 18.8 Å². The molecule has 1 aliphatic heterocycles. The lowest BCUT2D eigenvalue weighted by molar-refractivity contribution is -0.135. The van der Waals surface area contributed by atoms with Gasteiger partial charge in [0.2, 0.25) is 5.91 Å². The second kappa shape index (κ2) is 9.67. The molecule has 1 heterocycles. The largest absolute Gasteiger partial charge is 0.433 e. The molecule has 1 aromatic rings. The number of hydrogen-bond acceptors (Lipinski definition) is 6. The first-order chi connectivity index (χ1) is 14.0. The Kier molecular flexibility index (Phi) is 7.50. The predicted molar refractivity (Wildman–Crippen MR) is 91.9 cm³/mol. The van der Waals surface area contributed by atoms with E-state index in [1.807, 2.05) is 5.32 Å². The molecular weight excluding hydrogens is 423 g/mol. The number of hydrogen-bond donors (Lipinski definition) is 3. The molecule has 1 saturated heterocycles. The van der Waals surface area contributed by atoms with Crippen molar-refractivity contribution in [3.63, 3.8) is 0 Å². The number of carbonyl (C=O) groups is 3. The molecule has 0 aliphatic carbocycles. The molecule has 14 heteroatoms. The van der Waals surface area contributed by atoms with E-state index in [4.69, 9.17) is 10.5 Å². The van der Waals surface area contributed by atoms with Gasteiger partial charge in [0.25, 0.3) is 11.8 Å². The van der Waals surface area contributed by atoms with Gasteiger partial charge in [0.15, 0.2) is 11.8 Å². The van der Waals surface area contributed by atoms with E-state index >= 15 is 0 Å². The Labute approximate surface area is 166 Å². The Morgan fingerprint density at radius 3 is 2.57 bits per heavy atom. The van der Waals surface area contributed by atoms with E-state index in [9.17, 15) is 36.3 Å². The highest BCUT2D eigenvalue weighted by atomic mass is 19.4. The quantitative estimate of drug-likeness (QED) is 0.402. The van der Waals surface area contributed by atoms with E-state index in [0.717, 1.165) is 12.1 Å². The van der Waals surface area contributed by atoms with Gasteiger partial charge in [0, 0.05) is 18.3 Å². The highest BCUT2D eigenvalue weighted by Crippen LogP contribution is 2.32. The molecule has 3 amide bonds. The molecule has 0 aromatic heterocycles. The van der Waals surface area contributed by atoms with Gasteiger partial charge in [-0.2, -0.15) is 22.0 Å². The summed E-state index contributed by atoms with van der Waals surface area (Å²) in [7, 11) is 0. The van der Waals surface area contributed by atoms with E-state index in [1.54, 1.807) is 5.32 Å². The maximum Gasteiger partial charge on any atom is 0.401 e. The standard InChI is InChI=1S/C16H17F5N4O5/c17-15(18)30-10-5-8(25-3-4-29-6-11(25)26)1-2-9(10)24-14(28)12(13(22)27)23-7-16(19,20)21/h1-2,5,12,15,23H,3-4,6-7H2,(H2,22,27)(H,24,28)/t12-/m1/s1. The van der Waals surface area contributed by atoms with E-state index in [-0.39, 0.29) is 31.1 Å². The van der Waals surface area contributed by atoms with Crippen LogP contribution >= 0.6 is 0 Å². The topological polar surface area (TPSA) is 123 Å². The van der Waals surface area contributed by atoms with Crippen molar-refractivity contribution in [2.75, 3.05) is 36.5 Å². The number of rotatable bonds is 8. The van der Waals surface area contributed by atoms with Crippen molar-refractivity contribution in [3.8, 4) is 5.75 Å². The Balaban J connectivity index is 2.24. The smallest absolute Gasteiger partial charge is 0.401 e. The van der Waals surface area contributed by atoms with Crippen LogP contribution < -0.4 is 26.0 Å². The minimum Gasteiger partial charge on any atom is -0.433 e. The zero-order valence-corrected chi connectivity index (χ0v) is 15.2. The summed E-state index contributed by atoms with van der Waals surface area (Å²) in [5.74, 6) is -3.75. The molecule has 166 valence electrons. The number of ether oxygens (including phenoxy) is 2. The second-order valence-corrected chi connectivity index (χ2v) is 5.98. The van der Waals surface area contributed by atoms with Crippen LogP contribution in [0.15, 0.2) is 18.2 Å². The third kappa shape index (κ3) is 6.52. The maximum absolute atomic E-state index is 12.8. The number of nitrogens with zero attached hydrogens (tertiary/aromatic N) is 1. The highest BCUT2D eigenvalue weighted by molar-refractivity contribution is 6.10. The molecule has 1 aromatic carbocycles. The van der Waals surface area contributed by atoms with Crippen LogP contribution in [0, 0.1) is 0 Å². The summed E-state index contributed by atoms with van der Waals surface area (Å²) in [6.07, 6.45) is -4.73. The number of halogens is 5. The van der Waals surface area contributed by atoms with Crippen LogP contribution in [0.25, 0.3) is 0 Å². The van der Waals surface area contributed by atoms with Crippen molar-refractivity contribution in [3.05, 3.63) is 18.2 Å². The van der Waals surface area contributed by atoms with E-state index in [1.165, 1.54) is 11.0 Å². The van der Waals surface area contributed by atoms with Gasteiger partial charge >= 0.3 is 12.8 Å². The lowest BCUT2D eigenvalue weighted by Crippen LogP contribution is -2.52. The van der Waals surface area contributed by atoms with Gasteiger partial charge < -0.3 is 25.4 Å². The molecule has 1 fully saturated rings. The van der Waals surface area contributed by atoms with Crippen LogP contribution in [-0.4, -0.2) is 62.9 Å². The molecule has 0 spiro atoms. The average Bonchev–Trinajstić information content (AvgIpc) is 2.62. The number of nitrogens with one attached hydrogen (secondary N) is 2. The lowest BCUT2D eigenvalue weighted by Gasteiger charge is -2.27. The summed E-state index contributed by atoms with van der Waals surface area (Å²) in [4.78, 5) is 36.7. The fourth-order valence-corrected chi connectivity index (χ4v) is 2.51. The Hall–Kier alpha value is -3.00. The number of anilines is 2. The number of nitrogens with two attached hydrogens (primary N) is 1. The van der Waals surface area contributed by atoms with Crippen LogP contribution in [0.4, 0.5) is 33.3 Å². The molecule has 0 radical (unpaired) electrons. The molecule has 1 aliphatic rings. The van der Waals surface area contributed by atoms with Crippen molar-refractivity contribution in [2.24, 2.45) is 5.73 Å². The molecule has 9 nitrogen and oxygen atoms in total. The SMILES string of the molecule is NC(=O)[C@@H](NCC(F)(F)F)C(=O)Nc1ccc(N2CCOCC2=O)cc1OC(F)F. The van der Waals surface area contributed by atoms with Crippen molar-refractivity contribution >= 4 is 29.1 Å². The van der Waals surface area contributed by atoms with Gasteiger partial charge in [0.1, 0.15) is 6.61 Å². The Bertz CT molecular complexity index is 805. The van der Waals surface area contributed by atoms with Crippen molar-refractivity contribution < 1.29 is 45.8 Å². The molecule has 0 bridgehead atoms. The van der Waals surface area contributed by atoms with Gasteiger partial charge in [-0.3, -0.25) is 19.7 Å². The molecule has 2 rings (SSSR count). The summed E-state index contributed by atoms with van der Waals surface area (Å²) in [6.45, 7) is -4.86. The van der Waals surface area contributed by atoms with Crippen molar-refractivity contribution in [1.29, 1.82) is 0 Å². The molecule has 0 unspecified atom stereocenters. The zero-order valence-electron chi connectivity index (χ0n) is 15.2. The number of carbonyl (C=O) groups excluding carboxylic acids is 3. The minimum atomic E-state index is -4.73. The number of morpholine rings is 1. The second-order valence-electron chi connectivity index (χ2n) is 5.98. The first kappa shape index (κ1) is 23.3. The summed E-state index contributed by atoms with van der Waals surface area (Å²) >= 11 is 0. The predicted octanol–water partition coefficient (Wildman–Crippen LogP) is 0.595. The summed E-state index contributed by atoms with van der Waals surface area (Å²) in [6, 6.07) is 1.33.